The number of aryl methyl sites for hydroxylation is 2. The van der Waals surface area contributed by atoms with Crippen molar-refractivity contribution in [1.29, 1.82) is 0 Å². The van der Waals surface area contributed by atoms with Crippen LogP contribution in [-0.2, 0) is 4.74 Å². The zero-order chi connectivity index (χ0) is 20.9. The molecule has 148 valence electrons. The molecular formula is C21H19N3O4S. The van der Waals surface area contributed by atoms with Crippen LogP contribution in [0.15, 0.2) is 36.5 Å². The van der Waals surface area contributed by atoms with E-state index in [-0.39, 0.29) is 12.3 Å². The summed E-state index contributed by atoms with van der Waals surface area (Å²) >= 11 is 1.28. The standard InChI is InChI=1S/C21H19N3O4S/c1-4-28-21(25)18-20-15(17-12(3)9-11(2)10-23(17)18)16(22)19(29-20)13-7-5-6-8-14(13)24(26)27/h5-10H,4,22H2,1-3H3. The summed E-state index contributed by atoms with van der Waals surface area (Å²) in [6.45, 7) is 5.91. The van der Waals surface area contributed by atoms with E-state index in [9.17, 15) is 14.9 Å². The number of nitrogens with zero attached hydrogens (tertiary/aromatic N) is 2. The van der Waals surface area contributed by atoms with Crippen LogP contribution in [0.1, 0.15) is 28.5 Å². The van der Waals surface area contributed by atoms with Gasteiger partial charge in [0.25, 0.3) is 5.69 Å². The third kappa shape index (κ3) is 2.84. The van der Waals surface area contributed by atoms with Gasteiger partial charge in [-0.25, -0.2) is 4.79 Å². The number of rotatable bonds is 4. The van der Waals surface area contributed by atoms with E-state index in [0.717, 1.165) is 22.0 Å². The number of nitro benzene ring substituents is 1. The SMILES string of the molecule is CCOC(=O)c1c2sc(-c3ccccc3[N+](=O)[O-])c(N)c2c2c(C)cc(C)cn12. The molecule has 0 amide bonds. The minimum absolute atomic E-state index is 0.0229. The normalized spacial score (nSPS) is 11.3. The van der Waals surface area contributed by atoms with Gasteiger partial charge in [-0.3, -0.25) is 10.1 Å². The van der Waals surface area contributed by atoms with Gasteiger partial charge in [0.05, 0.1) is 37.9 Å². The molecule has 4 aromatic rings. The minimum atomic E-state index is -0.446. The van der Waals surface area contributed by atoms with Crippen molar-refractivity contribution in [3.05, 3.63) is 63.5 Å². The van der Waals surface area contributed by atoms with Gasteiger partial charge < -0.3 is 14.9 Å². The summed E-state index contributed by atoms with van der Waals surface area (Å²) in [6.07, 6.45) is 1.88. The molecule has 0 aliphatic heterocycles. The van der Waals surface area contributed by atoms with E-state index in [2.05, 4.69) is 0 Å². The van der Waals surface area contributed by atoms with Gasteiger partial charge in [0.15, 0.2) is 0 Å². The van der Waals surface area contributed by atoms with E-state index >= 15 is 0 Å². The Hall–Kier alpha value is -3.39. The summed E-state index contributed by atoms with van der Waals surface area (Å²) in [5.41, 5.74) is 10.5. The first-order valence-electron chi connectivity index (χ1n) is 9.09. The van der Waals surface area contributed by atoms with Crippen molar-refractivity contribution in [3.63, 3.8) is 0 Å². The molecule has 0 bridgehead atoms. The van der Waals surface area contributed by atoms with E-state index in [1.807, 2.05) is 30.5 Å². The first kappa shape index (κ1) is 18.9. The number of benzene rings is 1. The Morgan fingerprint density at radius 1 is 1.31 bits per heavy atom. The molecule has 0 spiro atoms. The molecule has 4 rings (SSSR count). The highest BCUT2D eigenvalue weighted by molar-refractivity contribution is 7.23. The number of nitrogens with two attached hydrogens (primary N) is 1. The largest absolute Gasteiger partial charge is 0.461 e. The Balaban J connectivity index is 2.13. The number of para-hydroxylation sites is 1. The van der Waals surface area contributed by atoms with Crippen molar-refractivity contribution in [2.24, 2.45) is 0 Å². The number of carbonyl (C=O) groups is 1. The average molecular weight is 409 g/mol. The van der Waals surface area contributed by atoms with Gasteiger partial charge >= 0.3 is 5.97 Å². The summed E-state index contributed by atoms with van der Waals surface area (Å²) in [7, 11) is 0. The van der Waals surface area contributed by atoms with Gasteiger partial charge in [-0.05, 0) is 38.0 Å². The Labute approximate surface area is 170 Å². The quantitative estimate of drug-likeness (QED) is 0.287. The Bertz CT molecular complexity index is 1300. The lowest BCUT2D eigenvalue weighted by molar-refractivity contribution is -0.384. The molecule has 7 nitrogen and oxygen atoms in total. The van der Waals surface area contributed by atoms with Crippen LogP contribution in [0.4, 0.5) is 11.4 Å². The van der Waals surface area contributed by atoms with E-state index in [1.165, 1.54) is 17.4 Å². The van der Waals surface area contributed by atoms with E-state index < -0.39 is 10.9 Å². The molecule has 0 aliphatic carbocycles. The van der Waals surface area contributed by atoms with E-state index in [1.54, 1.807) is 25.1 Å². The summed E-state index contributed by atoms with van der Waals surface area (Å²) < 4.78 is 7.79. The van der Waals surface area contributed by atoms with Gasteiger partial charge in [0, 0.05) is 17.6 Å². The van der Waals surface area contributed by atoms with Crippen LogP contribution in [0.3, 0.4) is 0 Å². The number of nitrogen functional groups attached to an aromatic ring is 1. The number of hydrogen-bond acceptors (Lipinski definition) is 6. The molecule has 0 fully saturated rings. The molecule has 3 aromatic heterocycles. The number of aromatic nitrogens is 1. The van der Waals surface area contributed by atoms with Gasteiger partial charge in [-0.1, -0.05) is 18.2 Å². The maximum absolute atomic E-state index is 12.8. The molecule has 0 unspecified atom stereocenters. The van der Waals surface area contributed by atoms with Crippen molar-refractivity contribution >= 4 is 44.3 Å². The molecule has 0 radical (unpaired) electrons. The van der Waals surface area contributed by atoms with Crippen molar-refractivity contribution in [2.45, 2.75) is 20.8 Å². The molecule has 29 heavy (non-hydrogen) atoms. The second-order valence-electron chi connectivity index (χ2n) is 6.81. The van der Waals surface area contributed by atoms with Gasteiger partial charge in [-0.15, -0.1) is 11.3 Å². The lowest BCUT2D eigenvalue weighted by Crippen LogP contribution is -2.08. The molecule has 0 atom stereocenters. The Kier molecular flexibility index (Phi) is 4.50. The van der Waals surface area contributed by atoms with Crippen molar-refractivity contribution < 1.29 is 14.5 Å². The first-order chi connectivity index (χ1) is 13.8. The molecule has 0 saturated heterocycles. The number of pyridine rings is 1. The fourth-order valence-corrected chi connectivity index (χ4v) is 5.06. The highest BCUT2D eigenvalue weighted by Gasteiger charge is 2.28. The average Bonchev–Trinajstić information content (AvgIpc) is 3.16. The molecule has 3 heterocycles. The zero-order valence-electron chi connectivity index (χ0n) is 16.2. The number of fused-ring (bicyclic) bond motifs is 3. The highest BCUT2D eigenvalue weighted by Crippen LogP contribution is 2.48. The van der Waals surface area contributed by atoms with Crippen LogP contribution < -0.4 is 5.73 Å². The minimum Gasteiger partial charge on any atom is -0.461 e. The van der Waals surface area contributed by atoms with Crippen molar-refractivity contribution in [1.82, 2.24) is 4.40 Å². The maximum Gasteiger partial charge on any atom is 0.356 e. The van der Waals surface area contributed by atoms with Crippen LogP contribution in [0.2, 0.25) is 0 Å². The van der Waals surface area contributed by atoms with Crippen LogP contribution >= 0.6 is 11.3 Å². The second kappa shape index (κ2) is 6.89. The van der Waals surface area contributed by atoms with Gasteiger partial charge in [0.2, 0.25) is 0 Å². The third-order valence-corrected chi connectivity index (χ3v) is 6.09. The van der Waals surface area contributed by atoms with Crippen molar-refractivity contribution in [2.75, 3.05) is 12.3 Å². The lowest BCUT2D eigenvalue weighted by Gasteiger charge is -2.08. The number of anilines is 1. The topological polar surface area (TPSA) is 99.9 Å². The predicted molar refractivity (Wildman–Crippen MR) is 115 cm³/mol. The predicted octanol–water partition coefficient (Wildman–Crippen LogP) is 5.10. The molecule has 2 N–H and O–H groups in total. The Morgan fingerprint density at radius 3 is 2.72 bits per heavy atom. The molecule has 0 saturated carbocycles. The van der Waals surface area contributed by atoms with Crippen LogP contribution in [-0.4, -0.2) is 21.9 Å². The number of esters is 1. The zero-order valence-corrected chi connectivity index (χ0v) is 17.0. The summed E-state index contributed by atoms with van der Waals surface area (Å²) in [4.78, 5) is 24.5. The maximum atomic E-state index is 12.8. The van der Waals surface area contributed by atoms with Crippen molar-refractivity contribution in [3.8, 4) is 10.4 Å². The molecule has 8 heteroatoms. The number of carbonyl (C=O) groups excluding carboxylic acids is 1. The van der Waals surface area contributed by atoms with Gasteiger partial charge in [-0.2, -0.15) is 0 Å². The Morgan fingerprint density at radius 2 is 2.03 bits per heavy atom. The highest BCUT2D eigenvalue weighted by atomic mass is 32.1. The first-order valence-corrected chi connectivity index (χ1v) is 9.90. The van der Waals surface area contributed by atoms with Crippen LogP contribution in [0.25, 0.3) is 26.0 Å². The van der Waals surface area contributed by atoms with Crippen LogP contribution in [0.5, 0.6) is 0 Å². The lowest BCUT2D eigenvalue weighted by atomic mass is 10.1. The number of thiophene rings is 1. The van der Waals surface area contributed by atoms with Gasteiger partial charge in [0.1, 0.15) is 5.69 Å². The summed E-state index contributed by atoms with van der Waals surface area (Å²) in [5.74, 6) is -0.446. The molecule has 0 aliphatic rings. The number of hydrogen-bond donors (Lipinski definition) is 1. The van der Waals surface area contributed by atoms with E-state index in [0.29, 0.717) is 26.5 Å². The number of nitro groups is 1. The third-order valence-electron chi connectivity index (χ3n) is 4.84. The number of ether oxygens (including phenoxy) is 1. The van der Waals surface area contributed by atoms with E-state index in [4.69, 9.17) is 10.5 Å². The monoisotopic (exact) mass is 409 g/mol. The molecule has 1 aromatic carbocycles. The molecular weight excluding hydrogens is 390 g/mol. The summed E-state index contributed by atoms with van der Waals surface area (Å²) in [5, 5.41) is 12.2. The second-order valence-corrected chi connectivity index (χ2v) is 7.83. The summed E-state index contributed by atoms with van der Waals surface area (Å²) in [6, 6.07) is 8.50. The van der Waals surface area contributed by atoms with Crippen LogP contribution in [0, 0.1) is 24.0 Å². The fraction of sp³-hybridized carbons (Fsp3) is 0.190. The fourth-order valence-electron chi connectivity index (χ4n) is 3.77. The smallest absolute Gasteiger partial charge is 0.356 e.